The first-order valence-corrected chi connectivity index (χ1v) is 13.5. The van der Waals surface area contributed by atoms with Gasteiger partial charge in [0.15, 0.2) is 0 Å². The van der Waals surface area contributed by atoms with Crippen LogP contribution in [0, 0.1) is 5.41 Å². The Morgan fingerprint density at radius 2 is 1.41 bits per heavy atom. The Hall–Kier alpha value is -0.870. The Morgan fingerprint density at radius 3 is 2.03 bits per heavy atom. The number of rotatable bonds is 14. The van der Waals surface area contributed by atoms with E-state index in [9.17, 15) is 10.0 Å². The number of fused-ring (bicyclic) bond motifs is 1. The molecular weight excluding hydrogens is 398 g/mol. The molecule has 2 unspecified atom stereocenters. The van der Waals surface area contributed by atoms with Gasteiger partial charge in [0, 0.05) is 12.8 Å². The second-order valence-corrected chi connectivity index (χ2v) is 11.8. The molecule has 1 aliphatic heterocycles. The molecule has 0 spiro atoms. The topological polar surface area (TPSA) is 49.4 Å². The Kier molecular flexibility index (Phi) is 10.3. The normalized spacial score (nSPS) is 27.6. The fourth-order valence-corrected chi connectivity index (χ4v) is 6.11. The maximum atomic E-state index is 13.7. The predicted octanol–water partition coefficient (Wildman–Crippen LogP) is 8.28. The lowest BCUT2D eigenvalue weighted by molar-refractivity contribution is -0.257. The van der Waals surface area contributed by atoms with Gasteiger partial charge in [-0.25, -0.2) is 0 Å². The zero-order valence-corrected chi connectivity index (χ0v) is 22.0. The number of hydrogen-bond donors (Lipinski definition) is 0. The van der Waals surface area contributed by atoms with Crippen molar-refractivity contribution in [2.24, 2.45) is 5.41 Å². The molecule has 4 heteroatoms. The minimum Gasteiger partial charge on any atom is -0.431 e. The van der Waals surface area contributed by atoms with Crippen molar-refractivity contribution in [1.29, 1.82) is 0 Å². The molecule has 2 aliphatic rings. The number of hydrogen-bond acceptors (Lipinski definition) is 3. The van der Waals surface area contributed by atoms with Crippen LogP contribution in [-0.4, -0.2) is 22.1 Å². The number of nitrogens with zero attached hydrogens (tertiary/aromatic N) is 1. The Morgan fingerprint density at radius 1 is 0.844 bits per heavy atom. The maximum Gasteiger partial charge on any atom is 0.310 e. The van der Waals surface area contributed by atoms with Crippen LogP contribution < -0.4 is 0 Å². The van der Waals surface area contributed by atoms with Crippen molar-refractivity contribution in [3.63, 3.8) is 0 Å². The lowest BCUT2D eigenvalue weighted by Crippen LogP contribution is -2.51. The van der Waals surface area contributed by atoms with Gasteiger partial charge in [-0.1, -0.05) is 91.9 Å². The van der Waals surface area contributed by atoms with Crippen molar-refractivity contribution < 1.29 is 14.7 Å². The minimum absolute atomic E-state index is 0.0525. The van der Waals surface area contributed by atoms with E-state index in [-0.39, 0.29) is 11.4 Å². The lowest BCUT2D eigenvalue weighted by atomic mass is 9.68. The maximum absolute atomic E-state index is 13.7. The Balaban J connectivity index is 2.06. The SMILES string of the molecule is CCCCCCCCC1(C)CC2=C(OC(=O)CCCCCCC)CC(C)(C)CC2(C)N1[O]. The van der Waals surface area contributed by atoms with Crippen molar-refractivity contribution in [2.75, 3.05) is 0 Å². The summed E-state index contributed by atoms with van der Waals surface area (Å²) >= 11 is 0. The van der Waals surface area contributed by atoms with Gasteiger partial charge in [0.05, 0.1) is 11.1 Å². The van der Waals surface area contributed by atoms with Crippen molar-refractivity contribution >= 4 is 5.97 Å². The van der Waals surface area contributed by atoms with Crippen LogP contribution in [0.4, 0.5) is 0 Å². The monoisotopic (exact) mass is 448 g/mol. The molecule has 1 aliphatic carbocycles. The highest BCUT2D eigenvalue weighted by Crippen LogP contribution is 2.56. The van der Waals surface area contributed by atoms with Crippen LogP contribution in [0.15, 0.2) is 11.3 Å². The molecule has 0 saturated carbocycles. The van der Waals surface area contributed by atoms with E-state index in [0.717, 1.165) is 56.3 Å². The van der Waals surface area contributed by atoms with Gasteiger partial charge in [-0.05, 0) is 50.5 Å². The fraction of sp³-hybridized carbons (Fsp3) is 0.893. The largest absolute Gasteiger partial charge is 0.431 e. The van der Waals surface area contributed by atoms with E-state index in [4.69, 9.17) is 4.74 Å². The number of esters is 1. The molecule has 0 N–H and O–H groups in total. The summed E-state index contributed by atoms with van der Waals surface area (Å²) in [5.41, 5.74) is 0.0885. The van der Waals surface area contributed by atoms with E-state index in [1.54, 1.807) is 0 Å². The van der Waals surface area contributed by atoms with Gasteiger partial charge >= 0.3 is 5.97 Å². The summed E-state index contributed by atoms with van der Waals surface area (Å²) in [6, 6.07) is 0. The first-order valence-electron chi connectivity index (χ1n) is 13.5. The zero-order valence-electron chi connectivity index (χ0n) is 22.0. The van der Waals surface area contributed by atoms with Crippen LogP contribution in [0.3, 0.4) is 0 Å². The number of ether oxygens (including phenoxy) is 1. The van der Waals surface area contributed by atoms with Crippen LogP contribution in [0.25, 0.3) is 0 Å². The summed E-state index contributed by atoms with van der Waals surface area (Å²) in [5.74, 6) is 0.681. The predicted molar refractivity (Wildman–Crippen MR) is 131 cm³/mol. The van der Waals surface area contributed by atoms with E-state index in [1.807, 2.05) is 0 Å². The molecule has 0 aromatic heterocycles. The summed E-state index contributed by atoms with van der Waals surface area (Å²) < 4.78 is 6.00. The molecule has 185 valence electrons. The molecule has 0 bridgehead atoms. The van der Waals surface area contributed by atoms with Gasteiger partial charge in [-0.3, -0.25) is 4.79 Å². The van der Waals surface area contributed by atoms with E-state index >= 15 is 0 Å². The van der Waals surface area contributed by atoms with Crippen molar-refractivity contribution in [1.82, 2.24) is 5.06 Å². The van der Waals surface area contributed by atoms with Crippen molar-refractivity contribution in [3.05, 3.63) is 11.3 Å². The molecule has 1 saturated heterocycles. The summed E-state index contributed by atoms with van der Waals surface area (Å²) in [7, 11) is 0. The summed E-state index contributed by atoms with van der Waals surface area (Å²) in [6.45, 7) is 13.0. The third-order valence-corrected chi connectivity index (χ3v) is 7.74. The number of carbonyl (C=O) groups is 1. The van der Waals surface area contributed by atoms with Gasteiger partial charge < -0.3 is 4.74 Å². The second kappa shape index (κ2) is 12.0. The van der Waals surface area contributed by atoms with Crippen LogP contribution in [0.5, 0.6) is 0 Å². The average molecular weight is 449 g/mol. The molecule has 32 heavy (non-hydrogen) atoms. The number of carbonyl (C=O) groups excluding carboxylic acids is 1. The van der Waals surface area contributed by atoms with E-state index in [2.05, 4.69) is 41.5 Å². The second-order valence-electron chi connectivity index (χ2n) is 11.8. The van der Waals surface area contributed by atoms with E-state index in [0.29, 0.717) is 6.42 Å². The van der Waals surface area contributed by atoms with Crippen LogP contribution in [-0.2, 0) is 14.7 Å². The zero-order chi connectivity index (χ0) is 23.8. The van der Waals surface area contributed by atoms with Crippen molar-refractivity contribution in [2.45, 2.75) is 155 Å². The molecular formula is C28H50NO3. The Bertz CT molecular complexity index is 641. The smallest absolute Gasteiger partial charge is 0.310 e. The highest BCUT2D eigenvalue weighted by Gasteiger charge is 2.58. The molecule has 1 radical (unpaired) electrons. The quantitative estimate of drug-likeness (QED) is 0.198. The third kappa shape index (κ3) is 7.06. The van der Waals surface area contributed by atoms with Crippen LogP contribution >= 0.6 is 0 Å². The first kappa shape index (κ1) is 27.4. The first-order chi connectivity index (χ1) is 15.1. The molecule has 0 aromatic carbocycles. The molecule has 2 atom stereocenters. The molecule has 0 aromatic rings. The van der Waals surface area contributed by atoms with Gasteiger partial charge in [0.1, 0.15) is 5.76 Å². The standard InChI is InChI=1S/C28H50NO3/c1-7-9-11-13-15-17-19-27(5)20-23-24(32-25(30)18-16-14-12-10-8-2)21-26(3,4)22-28(23,6)29(27)31/h7-22H2,1-6H3. The molecule has 1 fully saturated rings. The fourth-order valence-electron chi connectivity index (χ4n) is 6.11. The van der Waals surface area contributed by atoms with Crippen LogP contribution in [0.2, 0.25) is 0 Å². The molecule has 4 nitrogen and oxygen atoms in total. The molecule has 1 heterocycles. The van der Waals surface area contributed by atoms with Gasteiger partial charge in [0.25, 0.3) is 0 Å². The lowest BCUT2D eigenvalue weighted by Gasteiger charge is -2.44. The van der Waals surface area contributed by atoms with Gasteiger partial charge in [-0.2, -0.15) is 0 Å². The number of allylic oxidation sites excluding steroid dienone is 1. The Labute approximate surface area is 198 Å². The molecule has 0 amide bonds. The number of hydroxylamine groups is 2. The van der Waals surface area contributed by atoms with Crippen LogP contribution in [0.1, 0.15) is 144 Å². The van der Waals surface area contributed by atoms with Crippen molar-refractivity contribution in [3.8, 4) is 0 Å². The van der Waals surface area contributed by atoms with Gasteiger partial charge in [0.2, 0.25) is 0 Å². The minimum atomic E-state index is -0.560. The summed E-state index contributed by atoms with van der Waals surface area (Å²) in [4.78, 5) is 12.6. The summed E-state index contributed by atoms with van der Waals surface area (Å²) in [5, 5.41) is 15.1. The molecule has 2 rings (SSSR count). The highest BCUT2D eigenvalue weighted by atomic mass is 16.5. The van der Waals surface area contributed by atoms with E-state index < -0.39 is 11.1 Å². The summed E-state index contributed by atoms with van der Waals surface area (Å²) in [6.07, 6.45) is 16.7. The number of unbranched alkanes of at least 4 members (excludes halogenated alkanes) is 9. The van der Waals surface area contributed by atoms with E-state index in [1.165, 1.54) is 56.4 Å². The van der Waals surface area contributed by atoms with Gasteiger partial charge in [-0.15, -0.1) is 10.3 Å². The average Bonchev–Trinajstić information content (AvgIpc) is 2.91. The highest BCUT2D eigenvalue weighted by molar-refractivity contribution is 5.70. The third-order valence-electron chi connectivity index (χ3n) is 7.74.